The Balaban J connectivity index is 1.81. The van der Waals surface area contributed by atoms with Crippen molar-refractivity contribution < 1.29 is 4.79 Å². The van der Waals surface area contributed by atoms with E-state index < -0.39 is 0 Å². The Bertz CT molecular complexity index is 840. The fourth-order valence-corrected chi connectivity index (χ4v) is 2.69. The van der Waals surface area contributed by atoms with Crippen LogP contribution in [0.3, 0.4) is 0 Å². The van der Waals surface area contributed by atoms with Crippen molar-refractivity contribution >= 4 is 17.9 Å². The van der Waals surface area contributed by atoms with Gasteiger partial charge in [0.2, 0.25) is 0 Å². The van der Waals surface area contributed by atoms with Crippen LogP contribution in [0, 0.1) is 22.7 Å². The van der Waals surface area contributed by atoms with Crippen LogP contribution in [0.25, 0.3) is 12.2 Å². The molecule has 1 aliphatic rings. The largest absolute Gasteiger partial charge is 0.289 e. The molecule has 2 aromatic rings. The van der Waals surface area contributed by atoms with Gasteiger partial charge in [-0.15, -0.1) is 0 Å². The molecule has 0 atom stereocenters. The number of Topliss-reactive ketones (excluding diaryl/α,β-unsaturated/α-hetero) is 1. The SMILES string of the molecule is N#Cc1ccc(C=C2CCC(=Cc3ccc(C#N)cc3)C2=O)cc1. The molecule has 0 saturated heterocycles. The fraction of sp³-hybridized carbons (Fsp3) is 0.0952. The summed E-state index contributed by atoms with van der Waals surface area (Å²) >= 11 is 0. The van der Waals surface area contributed by atoms with Crippen LogP contribution in [0.15, 0.2) is 59.7 Å². The van der Waals surface area contributed by atoms with Crippen LogP contribution in [0.2, 0.25) is 0 Å². The number of ketones is 1. The van der Waals surface area contributed by atoms with E-state index in [0.717, 1.165) is 35.1 Å². The number of rotatable bonds is 2. The summed E-state index contributed by atoms with van der Waals surface area (Å²) < 4.78 is 0. The van der Waals surface area contributed by atoms with E-state index in [1.54, 1.807) is 24.3 Å². The first-order valence-corrected chi connectivity index (χ1v) is 7.66. The predicted molar refractivity (Wildman–Crippen MR) is 92.5 cm³/mol. The molecule has 0 bridgehead atoms. The molecular formula is C21H14N2O. The summed E-state index contributed by atoms with van der Waals surface area (Å²) in [5.74, 6) is 0.0729. The van der Waals surface area contributed by atoms with Crippen LogP contribution in [0.5, 0.6) is 0 Å². The zero-order valence-corrected chi connectivity index (χ0v) is 13.0. The third kappa shape index (κ3) is 3.32. The van der Waals surface area contributed by atoms with Gasteiger partial charge in [0.1, 0.15) is 0 Å². The van der Waals surface area contributed by atoms with Crippen LogP contribution >= 0.6 is 0 Å². The van der Waals surface area contributed by atoms with E-state index in [-0.39, 0.29) is 5.78 Å². The van der Waals surface area contributed by atoms with Gasteiger partial charge in [0.15, 0.2) is 5.78 Å². The summed E-state index contributed by atoms with van der Waals surface area (Å²) in [6.45, 7) is 0. The smallest absolute Gasteiger partial charge is 0.185 e. The van der Waals surface area contributed by atoms with Crippen LogP contribution in [-0.2, 0) is 4.79 Å². The fourth-order valence-electron chi connectivity index (χ4n) is 2.69. The molecule has 1 fully saturated rings. The topological polar surface area (TPSA) is 64.7 Å². The molecule has 0 aromatic heterocycles. The Morgan fingerprint density at radius 2 is 1.08 bits per heavy atom. The van der Waals surface area contributed by atoms with Crippen molar-refractivity contribution in [1.82, 2.24) is 0 Å². The lowest BCUT2D eigenvalue weighted by molar-refractivity contribution is -0.111. The van der Waals surface area contributed by atoms with Crippen LogP contribution < -0.4 is 0 Å². The third-order valence-electron chi connectivity index (χ3n) is 4.01. The molecule has 0 N–H and O–H groups in total. The molecule has 0 spiro atoms. The zero-order valence-electron chi connectivity index (χ0n) is 13.0. The molecule has 114 valence electrons. The first-order chi connectivity index (χ1) is 11.7. The van der Waals surface area contributed by atoms with Crippen LogP contribution in [-0.4, -0.2) is 5.78 Å². The first-order valence-electron chi connectivity index (χ1n) is 7.66. The minimum atomic E-state index is 0.0729. The number of benzene rings is 2. The van der Waals surface area contributed by atoms with Crippen molar-refractivity contribution in [3.8, 4) is 12.1 Å². The second-order valence-corrected chi connectivity index (χ2v) is 5.64. The molecule has 1 aliphatic carbocycles. The highest BCUT2D eigenvalue weighted by Gasteiger charge is 2.22. The van der Waals surface area contributed by atoms with E-state index in [1.807, 2.05) is 36.4 Å². The van der Waals surface area contributed by atoms with E-state index in [0.29, 0.717) is 11.1 Å². The highest BCUT2D eigenvalue weighted by atomic mass is 16.1. The van der Waals surface area contributed by atoms with Crippen molar-refractivity contribution in [2.24, 2.45) is 0 Å². The van der Waals surface area contributed by atoms with Crippen molar-refractivity contribution in [1.29, 1.82) is 10.5 Å². The van der Waals surface area contributed by atoms with Crippen LogP contribution in [0.4, 0.5) is 0 Å². The summed E-state index contributed by atoms with van der Waals surface area (Å²) in [6.07, 6.45) is 5.23. The van der Waals surface area contributed by atoms with E-state index in [2.05, 4.69) is 12.1 Å². The quantitative estimate of drug-likeness (QED) is 0.778. The maximum Gasteiger partial charge on any atom is 0.185 e. The zero-order chi connectivity index (χ0) is 16.9. The lowest BCUT2D eigenvalue weighted by Gasteiger charge is -1.98. The Labute approximate surface area is 140 Å². The molecule has 0 heterocycles. The van der Waals surface area contributed by atoms with Crippen molar-refractivity contribution in [2.75, 3.05) is 0 Å². The number of carbonyl (C=O) groups is 1. The summed E-state index contributed by atoms with van der Waals surface area (Å²) in [5, 5.41) is 17.6. The second-order valence-electron chi connectivity index (χ2n) is 5.64. The monoisotopic (exact) mass is 310 g/mol. The Morgan fingerprint density at radius 1 is 0.708 bits per heavy atom. The van der Waals surface area contributed by atoms with Gasteiger partial charge in [0.25, 0.3) is 0 Å². The average molecular weight is 310 g/mol. The average Bonchev–Trinajstić information content (AvgIpc) is 2.96. The van der Waals surface area contributed by atoms with Gasteiger partial charge in [-0.1, -0.05) is 24.3 Å². The van der Waals surface area contributed by atoms with Gasteiger partial charge in [0.05, 0.1) is 23.3 Å². The van der Waals surface area contributed by atoms with E-state index >= 15 is 0 Å². The van der Waals surface area contributed by atoms with Crippen molar-refractivity contribution in [2.45, 2.75) is 12.8 Å². The molecular weight excluding hydrogens is 296 g/mol. The van der Waals surface area contributed by atoms with Gasteiger partial charge in [-0.2, -0.15) is 10.5 Å². The Morgan fingerprint density at radius 3 is 1.42 bits per heavy atom. The lowest BCUT2D eigenvalue weighted by atomic mass is 10.1. The number of hydrogen-bond donors (Lipinski definition) is 0. The van der Waals surface area contributed by atoms with Crippen molar-refractivity contribution in [3.05, 3.63) is 81.9 Å². The molecule has 0 radical (unpaired) electrons. The minimum Gasteiger partial charge on any atom is -0.289 e. The molecule has 1 saturated carbocycles. The van der Waals surface area contributed by atoms with Crippen LogP contribution in [0.1, 0.15) is 35.1 Å². The number of carbonyl (C=O) groups excluding carboxylic acids is 1. The highest BCUT2D eigenvalue weighted by molar-refractivity contribution is 6.15. The predicted octanol–water partition coefficient (Wildman–Crippen LogP) is 4.26. The third-order valence-corrected chi connectivity index (χ3v) is 4.01. The molecule has 3 heteroatoms. The van der Waals surface area contributed by atoms with Gasteiger partial charge < -0.3 is 0 Å². The standard InChI is InChI=1S/C21H14N2O/c22-13-17-5-1-15(2-6-17)11-19-9-10-20(21(19)24)12-16-3-7-18(14-23)8-4-16/h1-8,11-12H,9-10H2. The number of allylic oxidation sites excluding steroid dienone is 2. The summed E-state index contributed by atoms with van der Waals surface area (Å²) in [6, 6.07) is 18.6. The second kappa shape index (κ2) is 6.77. The molecule has 0 amide bonds. The molecule has 3 rings (SSSR count). The van der Waals surface area contributed by atoms with E-state index in [4.69, 9.17) is 10.5 Å². The molecule has 3 nitrogen and oxygen atoms in total. The minimum absolute atomic E-state index is 0.0729. The van der Waals surface area contributed by atoms with Gasteiger partial charge >= 0.3 is 0 Å². The normalized spacial score (nSPS) is 17.0. The van der Waals surface area contributed by atoms with Gasteiger partial charge in [-0.05, 0) is 60.4 Å². The molecule has 24 heavy (non-hydrogen) atoms. The number of nitriles is 2. The number of hydrogen-bond acceptors (Lipinski definition) is 3. The summed E-state index contributed by atoms with van der Waals surface area (Å²) in [5.41, 5.74) is 4.65. The summed E-state index contributed by atoms with van der Waals surface area (Å²) in [7, 11) is 0. The van der Waals surface area contributed by atoms with Crippen molar-refractivity contribution in [3.63, 3.8) is 0 Å². The van der Waals surface area contributed by atoms with E-state index in [1.165, 1.54) is 0 Å². The Kier molecular flexibility index (Phi) is 4.36. The molecule has 0 aliphatic heterocycles. The maximum atomic E-state index is 12.5. The van der Waals surface area contributed by atoms with Gasteiger partial charge in [0, 0.05) is 11.1 Å². The van der Waals surface area contributed by atoms with Gasteiger partial charge in [-0.25, -0.2) is 0 Å². The van der Waals surface area contributed by atoms with Gasteiger partial charge in [-0.3, -0.25) is 4.79 Å². The summed E-state index contributed by atoms with van der Waals surface area (Å²) in [4.78, 5) is 12.5. The number of nitrogens with zero attached hydrogens (tertiary/aromatic N) is 2. The first kappa shape index (κ1) is 15.5. The van der Waals surface area contributed by atoms with E-state index in [9.17, 15) is 4.79 Å². The molecule has 2 aromatic carbocycles. The Hall–Kier alpha value is -3.43. The lowest BCUT2D eigenvalue weighted by Crippen LogP contribution is -1.95. The highest BCUT2D eigenvalue weighted by Crippen LogP contribution is 2.29. The maximum absolute atomic E-state index is 12.5. The molecule has 0 unspecified atom stereocenters.